The molecular formula is C18H20N2O. The maximum Gasteiger partial charge on any atom is 0.240 e. The second-order valence-corrected chi connectivity index (χ2v) is 5.57. The third kappa shape index (κ3) is 3.14. The molecule has 0 saturated heterocycles. The third-order valence-corrected chi connectivity index (χ3v) is 4.06. The number of carbonyl (C=O) groups is 1. The molecule has 1 atom stereocenters. The molecule has 2 aromatic carbocycles. The number of amides is 1. The van der Waals surface area contributed by atoms with E-state index in [-0.39, 0.29) is 5.91 Å². The fraction of sp³-hybridized carbons (Fsp3) is 0.278. The number of fused-ring (bicyclic) bond motifs is 1. The highest BCUT2D eigenvalue weighted by molar-refractivity contribution is 5.82. The summed E-state index contributed by atoms with van der Waals surface area (Å²) in [5.41, 5.74) is 9.80. The zero-order valence-corrected chi connectivity index (χ0v) is 12.0. The van der Waals surface area contributed by atoms with Gasteiger partial charge in [-0.1, -0.05) is 54.6 Å². The first-order chi connectivity index (χ1) is 10.2. The van der Waals surface area contributed by atoms with Gasteiger partial charge < -0.3 is 10.6 Å². The van der Waals surface area contributed by atoms with Gasteiger partial charge in [-0.05, 0) is 29.5 Å². The van der Waals surface area contributed by atoms with Gasteiger partial charge in [0.15, 0.2) is 0 Å². The molecule has 0 saturated carbocycles. The number of hydrogen-bond donors (Lipinski definition) is 1. The van der Waals surface area contributed by atoms with Crippen LogP contribution in [0.2, 0.25) is 0 Å². The summed E-state index contributed by atoms with van der Waals surface area (Å²) in [6.07, 6.45) is 1.51. The molecule has 0 aromatic heterocycles. The molecule has 1 unspecified atom stereocenters. The van der Waals surface area contributed by atoms with Gasteiger partial charge in [0.2, 0.25) is 5.91 Å². The lowest BCUT2D eigenvalue weighted by Gasteiger charge is -2.30. The Kier molecular flexibility index (Phi) is 4.02. The molecule has 2 aromatic rings. The average Bonchev–Trinajstić information content (AvgIpc) is 2.54. The van der Waals surface area contributed by atoms with E-state index in [9.17, 15) is 4.79 Å². The zero-order chi connectivity index (χ0) is 14.7. The van der Waals surface area contributed by atoms with Gasteiger partial charge in [0, 0.05) is 13.1 Å². The zero-order valence-electron chi connectivity index (χ0n) is 12.0. The highest BCUT2D eigenvalue weighted by Crippen LogP contribution is 2.19. The van der Waals surface area contributed by atoms with Crippen molar-refractivity contribution in [2.75, 3.05) is 6.54 Å². The Labute approximate surface area is 125 Å². The molecule has 1 amide bonds. The van der Waals surface area contributed by atoms with Crippen LogP contribution >= 0.6 is 0 Å². The maximum atomic E-state index is 12.5. The number of hydrogen-bond acceptors (Lipinski definition) is 2. The van der Waals surface area contributed by atoms with Crippen molar-refractivity contribution in [2.45, 2.75) is 25.4 Å². The number of carbonyl (C=O) groups excluding carboxylic acids is 1. The van der Waals surface area contributed by atoms with E-state index in [0.717, 1.165) is 18.5 Å². The van der Waals surface area contributed by atoms with E-state index in [0.29, 0.717) is 13.0 Å². The van der Waals surface area contributed by atoms with E-state index in [1.165, 1.54) is 11.1 Å². The summed E-state index contributed by atoms with van der Waals surface area (Å²) >= 11 is 0. The highest BCUT2D eigenvalue weighted by atomic mass is 16.2. The van der Waals surface area contributed by atoms with Crippen molar-refractivity contribution in [1.29, 1.82) is 0 Å². The largest absolute Gasteiger partial charge is 0.337 e. The summed E-state index contributed by atoms with van der Waals surface area (Å²) in [7, 11) is 0. The summed E-state index contributed by atoms with van der Waals surface area (Å²) in [5, 5.41) is 0. The van der Waals surface area contributed by atoms with E-state index < -0.39 is 6.04 Å². The molecule has 1 aliphatic rings. The molecule has 1 aliphatic heterocycles. The highest BCUT2D eigenvalue weighted by Gasteiger charge is 2.24. The summed E-state index contributed by atoms with van der Waals surface area (Å²) in [6.45, 7) is 1.44. The number of rotatable bonds is 3. The molecule has 0 bridgehead atoms. The first-order valence-corrected chi connectivity index (χ1v) is 7.39. The van der Waals surface area contributed by atoms with Crippen molar-refractivity contribution < 1.29 is 4.79 Å². The second kappa shape index (κ2) is 6.10. The van der Waals surface area contributed by atoms with Gasteiger partial charge in [-0.3, -0.25) is 4.79 Å². The summed E-state index contributed by atoms with van der Waals surface area (Å²) in [6, 6.07) is 17.8. The van der Waals surface area contributed by atoms with Gasteiger partial charge in [-0.15, -0.1) is 0 Å². The van der Waals surface area contributed by atoms with Crippen LogP contribution in [-0.2, 0) is 24.2 Å². The van der Waals surface area contributed by atoms with Gasteiger partial charge in [0.05, 0.1) is 6.04 Å². The fourth-order valence-electron chi connectivity index (χ4n) is 2.87. The van der Waals surface area contributed by atoms with Gasteiger partial charge in [0.1, 0.15) is 0 Å². The molecule has 21 heavy (non-hydrogen) atoms. The predicted octanol–water partition coefficient (Wildman–Crippen LogP) is 2.14. The lowest BCUT2D eigenvalue weighted by atomic mass is 9.98. The molecule has 108 valence electrons. The molecule has 2 N–H and O–H groups in total. The monoisotopic (exact) mass is 280 g/mol. The normalized spacial score (nSPS) is 15.4. The van der Waals surface area contributed by atoms with Crippen LogP contribution in [0.3, 0.4) is 0 Å². The average molecular weight is 280 g/mol. The lowest BCUT2D eigenvalue weighted by Crippen LogP contribution is -2.46. The first-order valence-electron chi connectivity index (χ1n) is 7.39. The van der Waals surface area contributed by atoms with E-state index in [1.54, 1.807) is 0 Å². The fourth-order valence-corrected chi connectivity index (χ4v) is 2.87. The Hall–Kier alpha value is -2.13. The van der Waals surface area contributed by atoms with Crippen LogP contribution in [-0.4, -0.2) is 23.4 Å². The summed E-state index contributed by atoms with van der Waals surface area (Å²) < 4.78 is 0. The smallest absolute Gasteiger partial charge is 0.240 e. The minimum atomic E-state index is -0.460. The van der Waals surface area contributed by atoms with Crippen LogP contribution in [0, 0.1) is 0 Å². The number of nitrogens with two attached hydrogens (primary N) is 1. The topological polar surface area (TPSA) is 46.3 Å². The number of nitrogens with zero attached hydrogens (tertiary/aromatic N) is 1. The minimum absolute atomic E-state index is 0.0494. The Bertz CT molecular complexity index is 624. The Morgan fingerprint density at radius 2 is 1.71 bits per heavy atom. The van der Waals surface area contributed by atoms with Crippen molar-refractivity contribution in [3.8, 4) is 0 Å². The quantitative estimate of drug-likeness (QED) is 0.936. The van der Waals surface area contributed by atoms with Crippen molar-refractivity contribution >= 4 is 5.91 Å². The van der Waals surface area contributed by atoms with Crippen molar-refractivity contribution in [3.63, 3.8) is 0 Å². The van der Waals surface area contributed by atoms with Crippen LogP contribution in [0.25, 0.3) is 0 Å². The molecule has 1 heterocycles. The predicted molar refractivity (Wildman–Crippen MR) is 83.7 cm³/mol. The third-order valence-electron chi connectivity index (χ3n) is 4.06. The SMILES string of the molecule is NC(Cc1ccccc1)C(=O)N1CCc2ccccc2C1. The van der Waals surface area contributed by atoms with Gasteiger partial charge >= 0.3 is 0 Å². The molecule has 0 spiro atoms. The van der Waals surface area contributed by atoms with Crippen molar-refractivity contribution in [2.24, 2.45) is 5.73 Å². The summed E-state index contributed by atoms with van der Waals surface area (Å²) in [5.74, 6) is 0.0494. The van der Waals surface area contributed by atoms with Crippen LogP contribution in [0.15, 0.2) is 54.6 Å². The Morgan fingerprint density at radius 3 is 2.48 bits per heavy atom. The Morgan fingerprint density at radius 1 is 1.05 bits per heavy atom. The second-order valence-electron chi connectivity index (χ2n) is 5.57. The maximum absolute atomic E-state index is 12.5. The van der Waals surface area contributed by atoms with E-state index in [1.807, 2.05) is 41.3 Å². The van der Waals surface area contributed by atoms with Crippen LogP contribution in [0.4, 0.5) is 0 Å². The van der Waals surface area contributed by atoms with E-state index in [2.05, 4.69) is 18.2 Å². The molecule has 3 rings (SSSR count). The number of benzene rings is 2. The van der Waals surface area contributed by atoms with Gasteiger partial charge in [-0.2, -0.15) is 0 Å². The van der Waals surface area contributed by atoms with Crippen molar-refractivity contribution in [1.82, 2.24) is 4.90 Å². The Balaban J connectivity index is 1.66. The van der Waals surface area contributed by atoms with Crippen molar-refractivity contribution in [3.05, 3.63) is 71.3 Å². The van der Waals surface area contributed by atoms with Crippen LogP contribution in [0.1, 0.15) is 16.7 Å². The molecule has 0 radical (unpaired) electrons. The van der Waals surface area contributed by atoms with Crippen LogP contribution in [0.5, 0.6) is 0 Å². The minimum Gasteiger partial charge on any atom is -0.337 e. The molecule has 3 heteroatoms. The molecule has 3 nitrogen and oxygen atoms in total. The summed E-state index contributed by atoms with van der Waals surface area (Å²) in [4.78, 5) is 14.4. The van der Waals surface area contributed by atoms with E-state index >= 15 is 0 Å². The standard InChI is InChI=1S/C18H20N2O/c19-17(12-14-6-2-1-3-7-14)18(21)20-11-10-15-8-4-5-9-16(15)13-20/h1-9,17H,10-13,19H2. The molecule has 0 fully saturated rings. The lowest BCUT2D eigenvalue weighted by molar-refractivity contribution is -0.133. The first kappa shape index (κ1) is 13.8. The van der Waals surface area contributed by atoms with E-state index in [4.69, 9.17) is 5.73 Å². The van der Waals surface area contributed by atoms with Crippen LogP contribution < -0.4 is 5.73 Å². The van der Waals surface area contributed by atoms with Gasteiger partial charge in [-0.25, -0.2) is 0 Å². The van der Waals surface area contributed by atoms with Gasteiger partial charge in [0.25, 0.3) is 0 Å². The molecular weight excluding hydrogens is 260 g/mol. The molecule has 0 aliphatic carbocycles.